The number of urea groups is 1. The van der Waals surface area contributed by atoms with Crippen molar-refractivity contribution in [3.8, 4) is 0 Å². The number of alkyl halides is 2. The lowest BCUT2D eigenvalue weighted by molar-refractivity contribution is 0.230. The summed E-state index contributed by atoms with van der Waals surface area (Å²) in [5, 5.41) is 0. The van der Waals surface area contributed by atoms with E-state index < -0.39 is 0 Å². The van der Waals surface area contributed by atoms with Gasteiger partial charge in [-0.15, -0.1) is 11.6 Å². The molecule has 3 rings (SSSR count). The Bertz CT molecular complexity index is 697. The SMILES string of the molecule is CC(N)=N/C(=C\C(Cl)I)N1CCN(c2cnccc2C2CC2)C1=O. The van der Waals surface area contributed by atoms with Gasteiger partial charge in [-0.2, -0.15) is 0 Å². The van der Waals surface area contributed by atoms with Gasteiger partial charge in [0.2, 0.25) is 0 Å². The minimum atomic E-state index is -0.275. The van der Waals surface area contributed by atoms with Crippen LogP contribution in [0.4, 0.5) is 10.5 Å². The van der Waals surface area contributed by atoms with Crippen molar-refractivity contribution in [3.63, 3.8) is 0 Å². The Morgan fingerprint density at radius 3 is 2.92 bits per heavy atom. The van der Waals surface area contributed by atoms with Crippen LogP contribution in [-0.4, -0.2) is 38.2 Å². The number of amides is 2. The predicted octanol–water partition coefficient (Wildman–Crippen LogP) is 3.42. The maximum atomic E-state index is 12.9. The minimum absolute atomic E-state index is 0.116. The second-order valence-electron chi connectivity index (χ2n) is 5.91. The first kappa shape index (κ1) is 17.5. The van der Waals surface area contributed by atoms with E-state index in [0.717, 1.165) is 5.69 Å². The number of anilines is 1. The molecule has 2 amide bonds. The predicted molar refractivity (Wildman–Crippen MR) is 105 cm³/mol. The smallest absolute Gasteiger partial charge is 0.330 e. The summed E-state index contributed by atoms with van der Waals surface area (Å²) in [6, 6.07) is 1.90. The van der Waals surface area contributed by atoms with Crippen LogP contribution in [0.25, 0.3) is 0 Å². The fraction of sp³-hybridized carbons (Fsp3) is 0.438. The first-order valence-electron chi connectivity index (χ1n) is 7.81. The molecule has 2 aliphatic rings. The molecule has 1 saturated heterocycles. The molecule has 2 heterocycles. The third kappa shape index (κ3) is 3.83. The van der Waals surface area contributed by atoms with Crippen molar-refractivity contribution in [1.82, 2.24) is 9.88 Å². The number of carbonyl (C=O) groups excluding carboxylic acids is 1. The molecule has 0 bridgehead atoms. The Balaban J connectivity index is 1.88. The zero-order valence-corrected chi connectivity index (χ0v) is 16.2. The van der Waals surface area contributed by atoms with Crippen LogP contribution < -0.4 is 10.6 Å². The number of aliphatic imine (C=N–C) groups is 1. The highest BCUT2D eigenvalue weighted by Crippen LogP contribution is 2.44. The number of pyridine rings is 1. The first-order chi connectivity index (χ1) is 11.5. The second-order valence-corrected chi connectivity index (χ2v) is 8.46. The van der Waals surface area contributed by atoms with Crippen molar-refractivity contribution in [2.45, 2.75) is 29.1 Å². The van der Waals surface area contributed by atoms with E-state index in [1.807, 2.05) is 6.07 Å². The fourth-order valence-corrected chi connectivity index (χ4v) is 3.25. The molecule has 0 radical (unpaired) electrons. The molecule has 24 heavy (non-hydrogen) atoms. The van der Waals surface area contributed by atoms with Crippen LogP contribution >= 0.6 is 34.2 Å². The quantitative estimate of drug-likeness (QED) is 0.317. The van der Waals surface area contributed by atoms with E-state index in [2.05, 4.69) is 32.6 Å². The lowest BCUT2D eigenvalue weighted by Gasteiger charge is -2.21. The normalized spacial score (nSPS) is 20.7. The molecule has 1 aliphatic carbocycles. The van der Waals surface area contributed by atoms with Crippen LogP contribution in [0.2, 0.25) is 0 Å². The van der Waals surface area contributed by atoms with Crippen LogP contribution in [-0.2, 0) is 0 Å². The first-order valence-corrected chi connectivity index (χ1v) is 9.49. The summed E-state index contributed by atoms with van der Waals surface area (Å²) < 4.78 is -0.275. The number of hydrogen-bond donors (Lipinski definition) is 1. The average molecular weight is 460 g/mol. The van der Waals surface area contributed by atoms with Crippen LogP contribution in [0.3, 0.4) is 0 Å². The van der Waals surface area contributed by atoms with Crippen molar-refractivity contribution in [3.05, 3.63) is 35.9 Å². The van der Waals surface area contributed by atoms with Gasteiger partial charge in [0.1, 0.15) is 9.20 Å². The monoisotopic (exact) mass is 459 g/mol. The second kappa shape index (κ2) is 7.26. The number of nitrogens with zero attached hydrogens (tertiary/aromatic N) is 4. The average Bonchev–Trinajstić information content (AvgIpc) is 3.29. The highest BCUT2D eigenvalue weighted by molar-refractivity contribution is 14.1. The van der Waals surface area contributed by atoms with E-state index in [-0.39, 0.29) is 9.41 Å². The van der Waals surface area contributed by atoms with E-state index in [1.165, 1.54) is 18.4 Å². The fourth-order valence-electron chi connectivity index (χ4n) is 2.82. The van der Waals surface area contributed by atoms with Crippen molar-refractivity contribution in [1.29, 1.82) is 0 Å². The maximum Gasteiger partial charge on any atom is 0.330 e. The summed E-state index contributed by atoms with van der Waals surface area (Å²) >= 11 is 8.10. The molecule has 1 aromatic heterocycles. The summed E-state index contributed by atoms with van der Waals surface area (Å²) in [6.45, 7) is 2.82. The largest absolute Gasteiger partial charge is 0.387 e. The molecule has 0 aromatic carbocycles. The van der Waals surface area contributed by atoms with E-state index >= 15 is 0 Å². The zero-order valence-electron chi connectivity index (χ0n) is 13.3. The number of amidine groups is 1. The molecular formula is C16H19ClIN5O. The minimum Gasteiger partial charge on any atom is -0.387 e. The summed E-state index contributed by atoms with van der Waals surface area (Å²) in [7, 11) is 0. The van der Waals surface area contributed by atoms with Crippen LogP contribution in [0.5, 0.6) is 0 Å². The number of aromatic nitrogens is 1. The third-order valence-corrected chi connectivity index (χ3v) is 4.48. The topological polar surface area (TPSA) is 74.8 Å². The van der Waals surface area contributed by atoms with Gasteiger partial charge in [0.25, 0.3) is 0 Å². The molecule has 0 spiro atoms. The highest BCUT2D eigenvalue weighted by Gasteiger charge is 2.36. The lowest BCUT2D eigenvalue weighted by atomic mass is 10.1. The summed E-state index contributed by atoms with van der Waals surface area (Å²) in [6.07, 6.45) is 7.64. The lowest BCUT2D eigenvalue weighted by Crippen LogP contribution is -2.32. The molecule has 2 fully saturated rings. The summed E-state index contributed by atoms with van der Waals surface area (Å²) in [5.74, 6) is 1.43. The molecule has 128 valence electrons. The van der Waals surface area contributed by atoms with Gasteiger partial charge in [-0.25, -0.2) is 9.79 Å². The van der Waals surface area contributed by atoms with Gasteiger partial charge in [0.05, 0.1) is 17.7 Å². The van der Waals surface area contributed by atoms with E-state index in [1.54, 1.807) is 35.2 Å². The molecule has 1 aliphatic heterocycles. The molecule has 1 atom stereocenters. The van der Waals surface area contributed by atoms with Gasteiger partial charge < -0.3 is 5.73 Å². The molecule has 6 nitrogen and oxygen atoms in total. The molecule has 8 heteroatoms. The summed E-state index contributed by atoms with van der Waals surface area (Å²) in [4.78, 5) is 24.8. The number of allylic oxidation sites excluding steroid dienone is 1. The molecule has 1 saturated carbocycles. The molecule has 1 aromatic rings. The number of halogens is 2. The molecule has 1 unspecified atom stereocenters. The van der Waals surface area contributed by atoms with Crippen molar-refractivity contribution < 1.29 is 4.79 Å². The number of nitrogens with two attached hydrogens (primary N) is 1. The Morgan fingerprint density at radius 1 is 1.54 bits per heavy atom. The van der Waals surface area contributed by atoms with Gasteiger partial charge in [0, 0.05) is 19.3 Å². The zero-order chi connectivity index (χ0) is 17.3. The highest BCUT2D eigenvalue weighted by atomic mass is 127. The van der Waals surface area contributed by atoms with Gasteiger partial charge in [0.15, 0.2) is 0 Å². The van der Waals surface area contributed by atoms with Crippen molar-refractivity contribution in [2.24, 2.45) is 10.7 Å². The van der Waals surface area contributed by atoms with E-state index in [0.29, 0.717) is 30.7 Å². The number of carbonyl (C=O) groups is 1. The van der Waals surface area contributed by atoms with E-state index in [4.69, 9.17) is 17.3 Å². The van der Waals surface area contributed by atoms with Crippen LogP contribution in [0.1, 0.15) is 31.2 Å². The number of rotatable bonds is 5. The van der Waals surface area contributed by atoms with Crippen molar-refractivity contribution >= 4 is 51.7 Å². The third-order valence-electron chi connectivity index (χ3n) is 3.99. The van der Waals surface area contributed by atoms with Gasteiger partial charge in [-0.3, -0.25) is 14.8 Å². The van der Waals surface area contributed by atoms with Gasteiger partial charge in [-0.05, 0) is 43.4 Å². The Kier molecular flexibility index (Phi) is 5.29. The van der Waals surface area contributed by atoms with Crippen LogP contribution in [0, 0.1) is 0 Å². The maximum absolute atomic E-state index is 12.9. The van der Waals surface area contributed by atoms with Crippen molar-refractivity contribution in [2.75, 3.05) is 18.0 Å². The van der Waals surface area contributed by atoms with Gasteiger partial charge >= 0.3 is 6.03 Å². The Morgan fingerprint density at radius 2 is 2.29 bits per heavy atom. The summed E-state index contributed by atoms with van der Waals surface area (Å²) in [5.41, 5.74) is 7.80. The Hall–Kier alpha value is -1.35. The Labute approximate surface area is 159 Å². The van der Waals surface area contributed by atoms with Gasteiger partial charge in [-0.1, -0.05) is 22.6 Å². The standard InChI is InChI=1S/C16H19ClIN5O/c1-10(19)21-15(8-14(17)18)23-7-6-22(16(23)24)13-9-20-5-4-12(13)11-2-3-11/h4-5,8-9,11,14H,2-3,6-7H2,1H3,(H2,19,21)/b15-8+. The molecular weight excluding hydrogens is 441 g/mol. The number of hydrogen-bond acceptors (Lipinski definition) is 3. The van der Waals surface area contributed by atoms with Crippen LogP contribution in [0.15, 0.2) is 35.3 Å². The van der Waals surface area contributed by atoms with E-state index in [9.17, 15) is 4.79 Å². The molecule has 2 N–H and O–H groups in total.